The van der Waals surface area contributed by atoms with E-state index in [9.17, 15) is 4.79 Å². The van der Waals surface area contributed by atoms with Gasteiger partial charge in [-0.3, -0.25) is 14.0 Å². The zero-order valence-corrected chi connectivity index (χ0v) is 16.0. The Morgan fingerprint density at radius 3 is 2.68 bits per heavy atom. The van der Waals surface area contributed by atoms with Gasteiger partial charge in [0.05, 0.1) is 23.6 Å². The summed E-state index contributed by atoms with van der Waals surface area (Å²) in [6.45, 7) is 1.59. The first-order valence-corrected chi connectivity index (χ1v) is 9.38. The summed E-state index contributed by atoms with van der Waals surface area (Å²) in [6.07, 6.45) is 6.61. The molecule has 3 N–H and O–H groups in total. The Morgan fingerprint density at radius 2 is 2.04 bits per heavy atom. The second-order valence-electron chi connectivity index (χ2n) is 7.27. The molecule has 3 aromatic heterocycles. The van der Waals surface area contributed by atoms with E-state index in [0.717, 1.165) is 42.3 Å². The van der Waals surface area contributed by atoms with Crippen molar-refractivity contribution in [2.24, 2.45) is 7.05 Å². The van der Waals surface area contributed by atoms with E-state index in [1.54, 1.807) is 15.4 Å². The second kappa shape index (κ2) is 7.33. The van der Waals surface area contributed by atoms with Crippen LogP contribution in [0.3, 0.4) is 0 Å². The van der Waals surface area contributed by atoms with Crippen molar-refractivity contribution in [1.29, 1.82) is 0 Å². The third kappa shape index (κ3) is 3.27. The summed E-state index contributed by atoms with van der Waals surface area (Å²) in [7, 11) is 1.82. The van der Waals surface area contributed by atoms with Crippen LogP contribution in [0.5, 0.6) is 0 Å². The molecule has 1 aliphatic rings. The van der Waals surface area contributed by atoms with Gasteiger partial charge in [0.25, 0.3) is 5.56 Å². The van der Waals surface area contributed by atoms with Crippen LogP contribution in [0.25, 0.3) is 22.2 Å². The third-order valence-electron chi connectivity index (χ3n) is 5.43. The summed E-state index contributed by atoms with van der Waals surface area (Å²) < 4.78 is 8.77. The number of fused-ring (bicyclic) bond motifs is 1. The number of hydrogen-bond donors (Lipinski definition) is 2. The summed E-state index contributed by atoms with van der Waals surface area (Å²) in [5.41, 5.74) is 8.42. The number of hydrogen-bond acceptors (Lipinski definition) is 7. The first-order chi connectivity index (χ1) is 13.5. The lowest BCUT2D eigenvalue weighted by molar-refractivity contribution is -0.0663. The molecule has 0 spiro atoms. The van der Waals surface area contributed by atoms with E-state index in [-0.39, 0.29) is 30.4 Å². The lowest BCUT2D eigenvalue weighted by atomic mass is 9.92. The highest BCUT2D eigenvalue weighted by Gasteiger charge is 2.27. The largest absolute Gasteiger partial charge is 0.371 e. The summed E-state index contributed by atoms with van der Waals surface area (Å²) in [5.74, 6) is 0.157. The van der Waals surface area contributed by atoms with Crippen molar-refractivity contribution in [2.75, 3.05) is 12.5 Å². The first kappa shape index (κ1) is 18.6. The van der Waals surface area contributed by atoms with Crippen LogP contribution < -0.4 is 11.3 Å². The van der Waals surface area contributed by atoms with Crippen LogP contribution in [0, 0.1) is 6.92 Å². The molecule has 28 heavy (non-hydrogen) atoms. The fraction of sp³-hybridized carbons (Fsp3) is 0.474. The Kier molecular flexibility index (Phi) is 4.86. The van der Waals surface area contributed by atoms with Crippen molar-refractivity contribution in [3.63, 3.8) is 0 Å². The van der Waals surface area contributed by atoms with Crippen molar-refractivity contribution in [3.05, 3.63) is 34.5 Å². The van der Waals surface area contributed by atoms with Crippen molar-refractivity contribution in [3.8, 4) is 11.1 Å². The quantitative estimate of drug-likeness (QED) is 0.654. The maximum atomic E-state index is 13.5. The molecule has 1 saturated carbocycles. The molecule has 9 nitrogen and oxygen atoms in total. The predicted molar refractivity (Wildman–Crippen MR) is 105 cm³/mol. The minimum absolute atomic E-state index is 0.0149. The van der Waals surface area contributed by atoms with Crippen LogP contribution in [-0.4, -0.2) is 42.3 Å². The molecule has 3 aromatic rings. The number of aliphatic hydroxyl groups excluding tert-OH is 1. The lowest BCUT2D eigenvalue weighted by Gasteiger charge is -2.30. The van der Waals surface area contributed by atoms with Crippen LogP contribution in [0.15, 0.2) is 23.3 Å². The highest BCUT2D eigenvalue weighted by Crippen LogP contribution is 2.32. The van der Waals surface area contributed by atoms with Gasteiger partial charge in [0, 0.05) is 30.2 Å². The van der Waals surface area contributed by atoms with Crippen LogP contribution in [0.2, 0.25) is 0 Å². The normalized spacial score (nSPS) is 20.0. The van der Waals surface area contributed by atoms with Gasteiger partial charge in [-0.25, -0.2) is 4.98 Å². The molecule has 0 bridgehead atoms. The molecule has 1 fully saturated rings. The number of rotatable bonds is 4. The predicted octanol–water partition coefficient (Wildman–Crippen LogP) is 1.53. The van der Waals surface area contributed by atoms with E-state index in [1.165, 1.54) is 0 Å². The van der Waals surface area contributed by atoms with E-state index in [4.69, 9.17) is 15.6 Å². The number of ether oxygens (including phenoxy) is 1. The number of aromatic nitrogens is 5. The van der Waals surface area contributed by atoms with Crippen LogP contribution >= 0.6 is 0 Å². The van der Waals surface area contributed by atoms with E-state index in [1.807, 2.05) is 26.2 Å². The average Bonchev–Trinajstić information content (AvgIpc) is 3.08. The Morgan fingerprint density at radius 1 is 1.29 bits per heavy atom. The molecular weight excluding hydrogens is 360 g/mol. The third-order valence-corrected chi connectivity index (χ3v) is 5.43. The Bertz CT molecular complexity index is 1070. The molecule has 9 heteroatoms. The van der Waals surface area contributed by atoms with Gasteiger partial charge in [-0.15, -0.1) is 0 Å². The smallest absolute Gasteiger partial charge is 0.260 e. The molecule has 0 atom stereocenters. The van der Waals surface area contributed by atoms with Gasteiger partial charge >= 0.3 is 0 Å². The van der Waals surface area contributed by atoms with Gasteiger partial charge in [-0.2, -0.15) is 10.1 Å². The zero-order valence-electron chi connectivity index (χ0n) is 16.0. The fourth-order valence-electron chi connectivity index (χ4n) is 4.05. The van der Waals surface area contributed by atoms with Gasteiger partial charge < -0.3 is 15.6 Å². The molecule has 0 aliphatic heterocycles. The Labute approximate surface area is 161 Å². The Balaban J connectivity index is 1.88. The van der Waals surface area contributed by atoms with E-state index < -0.39 is 0 Å². The second-order valence-corrected chi connectivity index (χ2v) is 7.27. The van der Waals surface area contributed by atoms with E-state index in [0.29, 0.717) is 11.2 Å². The van der Waals surface area contributed by atoms with E-state index >= 15 is 0 Å². The molecular formula is C19H24N6O3. The fourth-order valence-corrected chi connectivity index (χ4v) is 4.05. The standard InChI is InChI=1S/C19H24N6O3/c1-11-15-7-16(12-8-21-24(2)9-12)18(27)25(17(15)23-19(20)22-11)13-3-5-14(6-4-13)28-10-26/h7-9,13-14,26H,3-6,10H2,1-2H3,(H2,20,22,23). The Hall–Kier alpha value is -2.78. The van der Waals surface area contributed by atoms with Crippen molar-refractivity contribution in [2.45, 2.75) is 44.8 Å². The van der Waals surface area contributed by atoms with Crippen molar-refractivity contribution < 1.29 is 9.84 Å². The molecule has 0 radical (unpaired) electrons. The molecule has 0 amide bonds. The molecule has 1 aliphatic carbocycles. The molecule has 0 saturated heterocycles. The number of pyridine rings is 1. The number of nitrogen functional groups attached to an aromatic ring is 1. The summed E-state index contributed by atoms with van der Waals surface area (Å²) in [6, 6.07) is 1.82. The molecule has 3 heterocycles. The molecule has 0 aromatic carbocycles. The number of aryl methyl sites for hydroxylation is 2. The zero-order chi connectivity index (χ0) is 19.8. The van der Waals surface area contributed by atoms with Crippen molar-refractivity contribution in [1.82, 2.24) is 24.3 Å². The number of nitrogens with zero attached hydrogens (tertiary/aromatic N) is 5. The summed E-state index contributed by atoms with van der Waals surface area (Å²) >= 11 is 0. The maximum Gasteiger partial charge on any atom is 0.260 e. The van der Waals surface area contributed by atoms with Crippen LogP contribution in [0.1, 0.15) is 37.4 Å². The van der Waals surface area contributed by atoms with Gasteiger partial charge in [0.1, 0.15) is 12.4 Å². The SMILES string of the molecule is Cc1nc(N)nc2c1cc(-c1cnn(C)c1)c(=O)n2C1CCC(OCO)CC1. The lowest BCUT2D eigenvalue weighted by Crippen LogP contribution is -2.32. The topological polar surface area (TPSA) is 121 Å². The molecule has 0 unspecified atom stereocenters. The van der Waals surface area contributed by atoms with E-state index in [2.05, 4.69) is 15.1 Å². The monoisotopic (exact) mass is 384 g/mol. The average molecular weight is 384 g/mol. The molecule has 4 rings (SSSR count). The number of aliphatic hydroxyl groups is 1. The van der Waals surface area contributed by atoms with Gasteiger partial charge in [-0.1, -0.05) is 0 Å². The minimum Gasteiger partial charge on any atom is -0.371 e. The molecule has 148 valence electrons. The highest BCUT2D eigenvalue weighted by molar-refractivity contribution is 5.83. The number of anilines is 1. The van der Waals surface area contributed by atoms with Gasteiger partial charge in [0.15, 0.2) is 0 Å². The summed E-state index contributed by atoms with van der Waals surface area (Å²) in [4.78, 5) is 22.2. The van der Waals surface area contributed by atoms with Crippen molar-refractivity contribution >= 4 is 17.0 Å². The maximum absolute atomic E-state index is 13.5. The summed E-state index contributed by atoms with van der Waals surface area (Å²) in [5, 5.41) is 14.0. The van der Waals surface area contributed by atoms with Crippen LogP contribution in [-0.2, 0) is 11.8 Å². The number of nitrogens with two attached hydrogens (primary N) is 1. The van der Waals surface area contributed by atoms with Gasteiger partial charge in [0.2, 0.25) is 5.95 Å². The minimum atomic E-state index is -0.280. The first-order valence-electron chi connectivity index (χ1n) is 9.38. The van der Waals surface area contributed by atoms with Crippen LogP contribution in [0.4, 0.5) is 5.95 Å². The highest BCUT2D eigenvalue weighted by atomic mass is 16.6. The van der Waals surface area contributed by atoms with Gasteiger partial charge in [-0.05, 0) is 38.7 Å².